The van der Waals surface area contributed by atoms with E-state index in [1.165, 1.54) is 0 Å². The summed E-state index contributed by atoms with van der Waals surface area (Å²) in [5.74, 6) is -0.823. The molecule has 6 heteroatoms. The van der Waals surface area contributed by atoms with E-state index in [-0.39, 0.29) is 12.6 Å². The van der Waals surface area contributed by atoms with Crippen molar-refractivity contribution in [3.63, 3.8) is 0 Å². The summed E-state index contributed by atoms with van der Waals surface area (Å²) in [6.07, 6.45) is 4.39. The summed E-state index contributed by atoms with van der Waals surface area (Å²) in [5, 5.41) is 0.570. The maximum Gasteiger partial charge on any atom is 0.315 e. The Kier molecular flexibility index (Phi) is 6.38. The number of anilines is 1. The van der Waals surface area contributed by atoms with Crippen LogP contribution in [-0.4, -0.2) is 23.3 Å². The van der Waals surface area contributed by atoms with Crippen LogP contribution in [0.2, 0.25) is 5.02 Å². The minimum absolute atomic E-state index is 0.211. The molecule has 2 aromatic rings. The first-order valence-electron chi connectivity index (χ1n) is 9.76. The lowest BCUT2D eigenvalue weighted by Gasteiger charge is -2.33. The monoisotopic (exact) mass is 411 g/mol. The van der Waals surface area contributed by atoms with Crippen LogP contribution in [0.4, 0.5) is 11.5 Å². The fraction of sp³-hybridized carbons (Fsp3) is 0.348. The van der Waals surface area contributed by atoms with Crippen LogP contribution in [0.5, 0.6) is 0 Å². The zero-order valence-corrected chi connectivity index (χ0v) is 18.0. The van der Waals surface area contributed by atoms with Gasteiger partial charge in [-0.2, -0.15) is 0 Å². The van der Waals surface area contributed by atoms with Gasteiger partial charge >= 0.3 is 5.97 Å². The number of rotatable bonds is 5. The summed E-state index contributed by atoms with van der Waals surface area (Å²) in [5.41, 5.74) is 11.2. The number of nitrogens with zero attached hydrogens (tertiary/aromatic N) is 2. The molecule has 2 heterocycles. The average molecular weight is 412 g/mol. The Morgan fingerprint density at radius 1 is 1.31 bits per heavy atom. The maximum absolute atomic E-state index is 13.1. The van der Waals surface area contributed by atoms with Gasteiger partial charge in [-0.15, -0.1) is 0 Å². The Balaban J connectivity index is 2.23. The second-order valence-corrected chi connectivity index (χ2v) is 7.52. The first-order chi connectivity index (χ1) is 13.9. The van der Waals surface area contributed by atoms with Crippen molar-refractivity contribution >= 4 is 34.8 Å². The molecule has 3 rings (SSSR count). The number of nitrogen functional groups attached to an aromatic ring is 1. The molecule has 29 heavy (non-hydrogen) atoms. The van der Waals surface area contributed by atoms with E-state index in [0.717, 1.165) is 28.8 Å². The van der Waals surface area contributed by atoms with Gasteiger partial charge in [-0.3, -0.25) is 4.79 Å². The molecule has 2 N–H and O–H groups in total. The minimum atomic E-state index is -0.622. The molecular weight excluding hydrogens is 386 g/mol. The second-order valence-electron chi connectivity index (χ2n) is 7.12. The molecule has 0 saturated carbocycles. The van der Waals surface area contributed by atoms with Gasteiger partial charge in [0.1, 0.15) is 12.5 Å². The molecule has 0 radical (unpaired) electrons. The number of aliphatic imine (C=N–C) groups is 1. The number of allylic oxidation sites excluding steroid dienone is 1. The first kappa shape index (κ1) is 21.1. The Morgan fingerprint density at radius 2 is 2.03 bits per heavy atom. The SMILES string of the molecule is CC=CCOC(=O)C1C(C)=Nc2nc(CC)c(C)c(N)c2C1c1ccccc1Cl. The van der Waals surface area contributed by atoms with Crippen molar-refractivity contribution in [2.75, 3.05) is 12.3 Å². The number of fused-ring (bicyclic) bond motifs is 1. The number of nitrogens with two attached hydrogens (primary N) is 1. The molecular formula is C23H26ClN3O2. The molecule has 2 unspecified atom stereocenters. The van der Waals surface area contributed by atoms with Crippen molar-refractivity contribution < 1.29 is 9.53 Å². The van der Waals surface area contributed by atoms with Gasteiger partial charge in [-0.1, -0.05) is 48.9 Å². The number of esters is 1. The van der Waals surface area contributed by atoms with Gasteiger partial charge in [0, 0.05) is 33.6 Å². The second kappa shape index (κ2) is 8.78. The van der Waals surface area contributed by atoms with Gasteiger partial charge in [0.25, 0.3) is 0 Å². The predicted octanol–water partition coefficient (Wildman–Crippen LogP) is 5.16. The van der Waals surface area contributed by atoms with E-state index in [4.69, 9.17) is 27.1 Å². The fourth-order valence-corrected chi connectivity index (χ4v) is 4.07. The molecule has 0 aliphatic carbocycles. The Morgan fingerprint density at radius 3 is 2.69 bits per heavy atom. The molecule has 1 aromatic carbocycles. The lowest BCUT2D eigenvalue weighted by Crippen LogP contribution is -2.34. The zero-order chi connectivity index (χ0) is 21.1. The number of aromatic nitrogens is 1. The summed E-state index contributed by atoms with van der Waals surface area (Å²) < 4.78 is 5.50. The van der Waals surface area contributed by atoms with Gasteiger partial charge in [0.2, 0.25) is 0 Å². The molecule has 0 bridgehead atoms. The summed E-state index contributed by atoms with van der Waals surface area (Å²) >= 11 is 6.55. The van der Waals surface area contributed by atoms with E-state index in [0.29, 0.717) is 22.2 Å². The van der Waals surface area contributed by atoms with Crippen molar-refractivity contribution in [2.24, 2.45) is 10.9 Å². The standard InChI is InChI=1S/C23H26ClN3O2/c1-5-7-12-29-23(28)18-14(4)26-22-20(21(25)13(3)17(6-2)27-22)19(18)15-10-8-9-11-16(15)24/h5,7-11,18-19H,6,12H2,1-4H3,(H2,25,27). The lowest BCUT2D eigenvalue weighted by molar-refractivity contribution is -0.145. The molecule has 0 amide bonds. The number of hydrogen-bond donors (Lipinski definition) is 1. The van der Waals surface area contributed by atoms with Crippen molar-refractivity contribution in [2.45, 2.75) is 40.0 Å². The van der Waals surface area contributed by atoms with Crippen LogP contribution < -0.4 is 5.73 Å². The highest BCUT2D eigenvalue weighted by Gasteiger charge is 2.41. The summed E-state index contributed by atoms with van der Waals surface area (Å²) in [6, 6.07) is 7.50. The largest absolute Gasteiger partial charge is 0.461 e. The number of carbonyl (C=O) groups excluding carboxylic acids is 1. The Hall–Kier alpha value is -2.66. The summed E-state index contributed by atoms with van der Waals surface area (Å²) in [7, 11) is 0. The normalized spacial score (nSPS) is 18.4. The van der Waals surface area contributed by atoms with Gasteiger partial charge < -0.3 is 10.5 Å². The molecule has 0 spiro atoms. The van der Waals surface area contributed by atoms with Crippen LogP contribution >= 0.6 is 11.6 Å². The number of halogens is 1. The highest BCUT2D eigenvalue weighted by molar-refractivity contribution is 6.31. The van der Waals surface area contributed by atoms with Crippen LogP contribution in [0.3, 0.4) is 0 Å². The number of aryl methyl sites for hydroxylation is 1. The molecule has 1 aliphatic rings. The molecule has 5 nitrogen and oxygen atoms in total. The molecule has 0 fully saturated rings. The number of benzene rings is 1. The topological polar surface area (TPSA) is 77.6 Å². The summed E-state index contributed by atoms with van der Waals surface area (Å²) in [4.78, 5) is 22.5. The van der Waals surface area contributed by atoms with Crippen LogP contribution in [0.25, 0.3) is 0 Å². The Labute approximate surface area is 176 Å². The molecule has 1 aliphatic heterocycles. The number of hydrogen-bond acceptors (Lipinski definition) is 5. The molecule has 2 atom stereocenters. The fourth-order valence-electron chi connectivity index (χ4n) is 3.82. The molecule has 152 valence electrons. The van der Waals surface area contributed by atoms with Crippen LogP contribution in [0, 0.1) is 12.8 Å². The third-order valence-corrected chi connectivity index (χ3v) is 5.72. The van der Waals surface area contributed by atoms with E-state index in [2.05, 4.69) is 4.99 Å². The van der Waals surface area contributed by atoms with Crippen LogP contribution in [0.15, 0.2) is 41.4 Å². The summed E-state index contributed by atoms with van der Waals surface area (Å²) in [6.45, 7) is 7.91. The van der Waals surface area contributed by atoms with Gasteiger partial charge in [0.05, 0.1) is 0 Å². The predicted molar refractivity (Wildman–Crippen MR) is 118 cm³/mol. The number of carbonyl (C=O) groups is 1. The maximum atomic E-state index is 13.1. The van der Waals surface area contributed by atoms with Crippen LogP contribution in [-0.2, 0) is 16.0 Å². The first-order valence-corrected chi connectivity index (χ1v) is 10.1. The number of pyridine rings is 1. The smallest absolute Gasteiger partial charge is 0.315 e. The van der Waals surface area contributed by atoms with Crippen molar-refractivity contribution in [3.8, 4) is 0 Å². The van der Waals surface area contributed by atoms with E-state index < -0.39 is 11.8 Å². The minimum Gasteiger partial charge on any atom is -0.461 e. The lowest BCUT2D eigenvalue weighted by atomic mass is 9.75. The third-order valence-electron chi connectivity index (χ3n) is 5.37. The Bertz CT molecular complexity index is 998. The van der Waals surface area contributed by atoms with Gasteiger partial charge in [0.15, 0.2) is 5.82 Å². The third kappa shape index (κ3) is 3.92. The van der Waals surface area contributed by atoms with Crippen LogP contribution in [0.1, 0.15) is 49.1 Å². The van der Waals surface area contributed by atoms with E-state index in [1.807, 2.05) is 58.0 Å². The van der Waals surface area contributed by atoms with Crippen molar-refractivity contribution in [3.05, 3.63) is 63.8 Å². The van der Waals surface area contributed by atoms with E-state index in [1.54, 1.807) is 6.08 Å². The quantitative estimate of drug-likeness (QED) is 0.544. The molecule has 0 saturated heterocycles. The van der Waals surface area contributed by atoms with Gasteiger partial charge in [-0.05, 0) is 44.4 Å². The zero-order valence-electron chi connectivity index (χ0n) is 17.2. The number of ether oxygens (including phenoxy) is 1. The van der Waals surface area contributed by atoms with Crippen molar-refractivity contribution in [1.29, 1.82) is 0 Å². The van der Waals surface area contributed by atoms with E-state index in [9.17, 15) is 4.79 Å². The highest BCUT2D eigenvalue weighted by Crippen LogP contribution is 2.47. The molecule has 1 aromatic heterocycles. The van der Waals surface area contributed by atoms with Crippen molar-refractivity contribution in [1.82, 2.24) is 4.98 Å². The highest BCUT2D eigenvalue weighted by atomic mass is 35.5. The van der Waals surface area contributed by atoms with Gasteiger partial charge in [-0.25, -0.2) is 9.98 Å². The van der Waals surface area contributed by atoms with E-state index >= 15 is 0 Å². The average Bonchev–Trinajstić information content (AvgIpc) is 2.70.